The number of hydrogen-bond donors (Lipinski definition) is 2. The number of amides is 2. The molecule has 4 nitrogen and oxygen atoms in total. The summed E-state index contributed by atoms with van der Waals surface area (Å²) in [7, 11) is 0. The monoisotopic (exact) mass is 327 g/mol. The van der Waals surface area contributed by atoms with Crippen LogP contribution in [0.5, 0.6) is 0 Å². The van der Waals surface area contributed by atoms with Gasteiger partial charge in [-0.3, -0.25) is 5.32 Å². The number of nitrogens with one attached hydrogen (secondary N) is 2. The van der Waals surface area contributed by atoms with Crippen molar-refractivity contribution in [3.63, 3.8) is 0 Å². The summed E-state index contributed by atoms with van der Waals surface area (Å²) in [6.07, 6.45) is 0. The van der Waals surface area contributed by atoms with E-state index in [2.05, 4.69) is 15.6 Å². The largest absolute Gasteiger partial charge is 0.325 e. The first-order valence-corrected chi connectivity index (χ1v) is 7.84. The number of nitrogens with zero attached hydrogens (tertiary/aromatic N) is 1. The number of aryl methyl sites for hydroxylation is 1. The van der Waals surface area contributed by atoms with Gasteiger partial charge in [-0.15, -0.1) is 11.3 Å². The van der Waals surface area contributed by atoms with Crippen molar-refractivity contribution < 1.29 is 9.18 Å². The Hall–Kier alpha value is -2.73. The van der Waals surface area contributed by atoms with E-state index < -0.39 is 0 Å². The van der Waals surface area contributed by atoms with Gasteiger partial charge in [-0.25, -0.2) is 14.2 Å². The molecule has 1 heterocycles. The highest BCUT2D eigenvalue weighted by Crippen LogP contribution is 2.25. The number of urea groups is 1. The van der Waals surface area contributed by atoms with Crippen molar-refractivity contribution in [2.24, 2.45) is 0 Å². The van der Waals surface area contributed by atoms with Crippen LogP contribution in [-0.2, 0) is 0 Å². The third-order valence-corrected chi connectivity index (χ3v) is 3.90. The van der Waals surface area contributed by atoms with E-state index in [0.29, 0.717) is 10.8 Å². The van der Waals surface area contributed by atoms with E-state index in [1.807, 2.05) is 36.6 Å². The van der Waals surface area contributed by atoms with Gasteiger partial charge in [0.2, 0.25) is 0 Å². The second-order valence-corrected chi connectivity index (χ2v) is 5.85. The molecular weight excluding hydrogens is 313 g/mol. The minimum atomic E-state index is -0.351. The molecule has 0 unspecified atom stereocenters. The van der Waals surface area contributed by atoms with Crippen molar-refractivity contribution in [3.8, 4) is 11.3 Å². The molecule has 116 valence electrons. The molecule has 0 aliphatic rings. The lowest BCUT2D eigenvalue weighted by molar-refractivity contribution is 0.262. The molecule has 2 aromatic carbocycles. The molecule has 2 amide bonds. The zero-order chi connectivity index (χ0) is 16.2. The number of carbonyl (C=O) groups is 1. The van der Waals surface area contributed by atoms with E-state index >= 15 is 0 Å². The number of anilines is 2. The number of aromatic nitrogens is 1. The van der Waals surface area contributed by atoms with Crippen LogP contribution in [0.1, 0.15) is 5.56 Å². The first-order chi connectivity index (χ1) is 11.1. The first kappa shape index (κ1) is 15.2. The molecule has 1 aromatic heterocycles. The smallest absolute Gasteiger partial charge is 0.308 e. The fourth-order valence-corrected chi connectivity index (χ4v) is 2.78. The highest BCUT2D eigenvalue weighted by Gasteiger charge is 2.08. The average molecular weight is 327 g/mol. The van der Waals surface area contributed by atoms with Crippen molar-refractivity contribution in [1.82, 2.24) is 4.98 Å². The molecule has 0 atom stereocenters. The third-order valence-electron chi connectivity index (χ3n) is 3.14. The van der Waals surface area contributed by atoms with Gasteiger partial charge in [0.05, 0.1) is 5.69 Å². The lowest BCUT2D eigenvalue weighted by Gasteiger charge is -2.05. The van der Waals surface area contributed by atoms with Gasteiger partial charge in [0.15, 0.2) is 5.13 Å². The maximum atomic E-state index is 12.9. The summed E-state index contributed by atoms with van der Waals surface area (Å²) in [6, 6.07) is 13.2. The molecule has 0 saturated heterocycles. The van der Waals surface area contributed by atoms with Crippen LogP contribution in [0.25, 0.3) is 11.3 Å². The lowest BCUT2D eigenvalue weighted by atomic mass is 10.2. The molecule has 0 fully saturated rings. The molecule has 3 aromatic rings. The average Bonchev–Trinajstić information content (AvgIpc) is 2.96. The molecule has 0 radical (unpaired) electrons. The molecule has 0 spiro atoms. The summed E-state index contributed by atoms with van der Waals surface area (Å²) in [5, 5.41) is 7.75. The Kier molecular flexibility index (Phi) is 4.34. The SMILES string of the molecule is Cc1cccc(NC(=O)Nc2nc(-c3ccc(F)cc3)cs2)c1. The van der Waals surface area contributed by atoms with Gasteiger partial charge in [-0.1, -0.05) is 12.1 Å². The highest BCUT2D eigenvalue weighted by atomic mass is 32.1. The summed E-state index contributed by atoms with van der Waals surface area (Å²) < 4.78 is 12.9. The molecule has 6 heteroatoms. The lowest BCUT2D eigenvalue weighted by Crippen LogP contribution is -2.19. The van der Waals surface area contributed by atoms with Crippen molar-refractivity contribution in [2.75, 3.05) is 10.6 Å². The van der Waals surface area contributed by atoms with Gasteiger partial charge in [-0.05, 0) is 48.9 Å². The number of halogens is 1. The van der Waals surface area contributed by atoms with E-state index in [-0.39, 0.29) is 11.8 Å². The summed E-state index contributed by atoms with van der Waals surface area (Å²) in [6.45, 7) is 1.96. The summed E-state index contributed by atoms with van der Waals surface area (Å²) in [5.41, 5.74) is 3.28. The standard InChI is InChI=1S/C17H14FN3OS/c1-11-3-2-4-14(9-11)19-16(22)21-17-20-15(10-23-17)12-5-7-13(18)8-6-12/h2-10H,1H3,(H2,19,20,21,22). The van der Waals surface area contributed by atoms with Crippen LogP contribution in [0.4, 0.5) is 20.0 Å². The minimum Gasteiger partial charge on any atom is -0.308 e. The summed E-state index contributed by atoms with van der Waals surface area (Å²) in [5.74, 6) is -0.292. The predicted molar refractivity (Wildman–Crippen MR) is 91.3 cm³/mol. The van der Waals surface area contributed by atoms with Gasteiger partial charge < -0.3 is 5.32 Å². The van der Waals surface area contributed by atoms with Gasteiger partial charge in [0.1, 0.15) is 5.82 Å². The van der Waals surface area contributed by atoms with Crippen LogP contribution in [0.15, 0.2) is 53.9 Å². The first-order valence-electron chi connectivity index (χ1n) is 6.96. The highest BCUT2D eigenvalue weighted by molar-refractivity contribution is 7.14. The second-order valence-electron chi connectivity index (χ2n) is 4.99. The number of hydrogen-bond acceptors (Lipinski definition) is 3. The van der Waals surface area contributed by atoms with Crippen LogP contribution in [0.3, 0.4) is 0 Å². The van der Waals surface area contributed by atoms with Gasteiger partial charge >= 0.3 is 6.03 Å². The molecule has 0 bridgehead atoms. The van der Waals surface area contributed by atoms with Crippen LogP contribution in [-0.4, -0.2) is 11.0 Å². The van der Waals surface area contributed by atoms with Crippen molar-refractivity contribution >= 4 is 28.2 Å². The number of benzene rings is 2. The Morgan fingerprint density at radius 3 is 2.65 bits per heavy atom. The van der Waals surface area contributed by atoms with E-state index in [1.54, 1.807) is 12.1 Å². The Morgan fingerprint density at radius 1 is 1.13 bits per heavy atom. The summed E-state index contributed by atoms with van der Waals surface area (Å²) >= 11 is 1.31. The van der Waals surface area contributed by atoms with Gasteiger partial charge in [-0.2, -0.15) is 0 Å². The second kappa shape index (κ2) is 6.58. The van der Waals surface area contributed by atoms with E-state index in [0.717, 1.165) is 16.8 Å². The van der Waals surface area contributed by atoms with E-state index in [9.17, 15) is 9.18 Å². The molecule has 3 rings (SSSR count). The van der Waals surface area contributed by atoms with Crippen molar-refractivity contribution in [2.45, 2.75) is 6.92 Å². The molecule has 23 heavy (non-hydrogen) atoms. The molecule has 0 aliphatic heterocycles. The van der Waals surface area contributed by atoms with Gasteiger partial charge in [0, 0.05) is 16.6 Å². The zero-order valence-electron chi connectivity index (χ0n) is 12.3. The van der Waals surface area contributed by atoms with Crippen LogP contribution in [0, 0.1) is 12.7 Å². The third kappa shape index (κ3) is 3.92. The number of thiazole rings is 1. The minimum absolute atomic E-state index is 0.292. The van der Waals surface area contributed by atoms with E-state index in [1.165, 1.54) is 23.5 Å². The zero-order valence-corrected chi connectivity index (χ0v) is 13.2. The maximum Gasteiger partial charge on any atom is 0.325 e. The Morgan fingerprint density at radius 2 is 1.91 bits per heavy atom. The normalized spacial score (nSPS) is 10.3. The van der Waals surface area contributed by atoms with Crippen LogP contribution >= 0.6 is 11.3 Å². The molecule has 0 saturated carbocycles. The predicted octanol–water partition coefficient (Wildman–Crippen LogP) is 4.90. The fraction of sp³-hybridized carbons (Fsp3) is 0.0588. The molecule has 0 aliphatic carbocycles. The quantitative estimate of drug-likeness (QED) is 0.719. The van der Waals surface area contributed by atoms with E-state index in [4.69, 9.17) is 0 Å². The number of rotatable bonds is 3. The summed E-state index contributed by atoms with van der Waals surface area (Å²) in [4.78, 5) is 16.3. The topological polar surface area (TPSA) is 54.0 Å². The number of carbonyl (C=O) groups excluding carboxylic acids is 1. The molecular formula is C17H14FN3OS. The van der Waals surface area contributed by atoms with Crippen molar-refractivity contribution in [3.05, 3.63) is 65.3 Å². The Labute approximate surface area is 137 Å². The Balaban J connectivity index is 1.66. The van der Waals surface area contributed by atoms with Crippen LogP contribution < -0.4 is 10.6 Å². The fourth-order valence-electron chi connectivity index (χ4n) is 2.07. The Bertz CT molecular complexity index is 830. The van der Waals surface area contributed by atoms with Crippen molar-refractivity contribution in [1.29, 1.82) is 0 Å². The molecule has 2 N–H and O–H groups in total. The van der Waals surface area contributed by atoms with Crippen LogP contribution in [0.2, 0.25) is 0 Å². The maximum absolute atomic E-state index is 12.9. The van der Waals surface area contributed by atoms with Gasteiger partial charge in [0.25, 0.3) is 0 Å².